The Morgan fingerprint density at radius 1 is 1.28 bits per heavy atom. The van der Waals surface area contributed by atoms with Crippen LogP contribution in [0.4, 0.5) is 4.39 Å². The molecule has 1 unspecified atom stereocenters. The number of nitrogens with zero attached hydrogens (tertiary/aromatic N) is 1. The van der Waals surface area contributed by atoms with Crippen LogP contribution in [-0.4, -0.2) is 61.1 Å². The van der Waals surface area contributed by atoms with Gasteiger partial charge in [0.05, 0.1) is 25.0 Å². The van der Waals surface area contributed by atoms with Crippen molar-refractivity contribution in [2.45, 2.75) is 12.5 Å². The third-order valence-corrected chi connectivity index (χ3v) is 4.93. The molecule has 1 aromatic rings. The molecule has 1 aliphatic heterocycles. The summed E-state index contributed by atoms with van der Waals surface area (Å²) in [4.78, 5) is 24.9. The average Bonchev–Trinajstić information content (AvgIpc) is 2.61. The highest BCUT2D eigenvalue weighted by Crippen LogP contribution is 2.21. The van der Waals surface area contributed by atoms with Crippen molar-refractivity contribution in [3.8, 4) is 0 Å². The normalized spacial score (nSPS) is 16.4. The van der Waals surface area contributed by atoms with Gasteiger partial charge >= 0.3 is 0 Å². The molecule has 8 heteroatoms. The highest BCUT2D eigenvalue weighted by Gasteiger charge is 2.23. The number of hydrogen-bond donors (Lipinski definition) is 2. The third kappa shape index (κ3) is 7.01. The smallest absolute Gasteiger partial charge is 0.227 e. The molecule has 1 aliphatic rings. The van der Waals surface area contributed by atoms with E-state index in [2.05, 4.69) is 10.2 Å². The summed E-state index contributed by atoms with van der Waals surface area (Å²) in [5.41, 5.74) is 6.03. The molecular weight excluding hydrogens is 345 g/mol. The second-order valence-electron chi connectivity index (χ2n) is 5.79. The number of ether oxygens (including phenoxy) is 1. The van der Waals surface area contributed by atoms with E-state index in [1.54, 1.807) is 12.1 Å². The first-order valence-corrected chi connectivity index (χ1v) is 9.41. The molecule has 1 atom stereocenters. The maximum Gasteiger partial charge on any atom is 0.227 e. The van der Waals surface area contributed by atoms with Crippen molar-refractivity contribution < 1.29 is 18.7 Å². The number of carbonyl (C=O) groups is 2. The number of primary amides is 1. The van der Waals surface area contributed by atoms with Crippen LogP contribution in [0.1, 0.15) is 18.0 Å². The third-order valence-electron chi connectivity index (χ3n) is 3.95. The summed E-state index contributed by atoms with van der Waals surface area (Å²) in [6.45, 7) is 3.29. The zero-order valence-corrected chi connectivity index (χ0v) is 14.9. The number of amides is 2. The second kappa shape index (κ2) is 10.4. The van der Waals surface area contributed by atoms with Crippen LogP contribution in [0.5, 0.6) is 0 Å². The van der Waals surface area contributed by atoms with E-state index in [1.165, 1.54) is 23.9 Å². The first-order valence-electron chi connectivity index (χ1n) is 8.26. The number of hydrogen-bond acceptors (Lipinski definition) is 5. The lowest BCUT2D eigenvalue weighted by Crippen LogP contribution is -2.43. The van der Waals surface area contributed by atoms with Crippen LogP contribution in [0.3, 0.4) is 0 Å². The number of carbonyl (C=O) groups excluding carboxylic acids is 2. The largest absolute Gasteiger partial charge is 0.379 e. The Hall–Kier alpha value is -1.64. The van der Waals surface area contributed by atoms with E-state index in [9.17, 15) is 14.0 Å². The van der Waals surface area contributed by atoms with Gasteiger partial charge in [-0.1, -0.05) is 12.1 Å². The van der Waals surface area contributed by atoms with E-state index in [-0.39, 0.29) is 29.4 Å². The van der Waals surface area contributed by atoms with Gasteiger partial charge in [0.15, 0.2) is 0 Å². The van der Waals surface area contributed by atoms with Crippen molar-refractivity contribution in [3.63, 3.8) is 0 Å². The lowest BCUT2D eigenvalue weighted by Gasteiger charge is -2.35. The Bertz CT molecular complexity index is 565. The van der Waals surface area contributed by atoms with Gasteiger partial charge in [0, 0.05) is 31.8 Å². The Kier molecular flexibility index (Phi) is 8.17. The molecule has 1 fully saturated rings. The molecule has 1 heterocycles. The van der Waals surface area contributed by atoms with E-state index in [0.717, 1.165) is 18.7 Å². The van der Waals surface area contributed by atoms with E-state index in [1.807, 2.05) is 0 Å². The van der Waals surface area contributed by atoms with Gasteiger partial charge in [0.1, 0.15) is 5.82 Å². The SMILES string of the molecule is NC(=O)CSCCC(=O)NCC(c1ccc(F)cc1)N1CCOCC1. The Balaban J connectivity index is 1.88. The standard InChI is InChI=1S/C17H24FN3O3S/c18-14-3-1-13(2-4-14)15(21-6-8-24-9-7-21)11-20-17(23)5-10-25-12-16(19)22/h1-4,15H,5-12H2,(H2,19,22)(H,20,23). The molecule has 1 saturated heterocycles. The molecule has 0 spiro atoms. The van der Waals surface area contributed by atoms with Gasteiger partial charge in [-0.2, -0.15) is 11.8 Å². The predicted molar refractivity (Wildman–Crippen MR) is 95.7 cm³/mol. The zero-order chi connectivity index (χ0) is 18.1. The van der Waals surface area contributed by atoms with Crippen LogP contribution >= 0.6 is 11.8 Å². The van der Waals surface area contributed by atoms with Crippen molar-refractivity contribution in [2.75, 3.05) is 44.4 Å². The van der Waals surface area contributed by atoms with Crippen LogP contribution in [-0.2, 0) is 14.3 Å². The van der Waals surface area contributed by atoms with Gasteiger partial charge in [0.25, 0.3) is 0 Å². The Morgan fingerprint density at radius 3 is 2.60 bits per heavy atom. The molecule has 0 aromatic heterocycles. The second-order valence-corrected chi connectivity index (χ2v) is 6.89. The molecule has 2 amide bonds. The van der Waals surface area contributed by atoms with E-state index in [4.69, 9.17) is 10.5 Å². The van der Waals surface area contributed by atoms with Crippen molar-refractivity contribution in [1.82, 2.24) is 10.2 Å². The number of nitrogens with two attached hydrogens (primary N) is 1. The van der Waals surface area contributed by atoms with Crippen LogP contribution in [0.25, 0.3) is 0 Å². The van der Waals surface area contributed by atoms with E-state index < -0.39 is 0 Å². The molecular formula is C17H24FN3O3S. The van der Waals surface area contributed by atoms with Crippen LogP contribution in [0.15, 0.2) is 24.3 Å². The highest BCUT2D eigenvalue weighted by atomic mass is 32.2. The summed E-state index contributed by atoms with van der Waals surface area (Å²) in [5, 5.41) is 2.94. The van der Waals surface area contributed by atoms with Gasteiger partial charge in [-0.3, -0.25) is 14.5 Å². The number of benzene rings is 1. The van der Waals surface area contributed by atoms with Crippen LogP contribution < -0.4 is 11.1 Å². The van der Waals surface area contributed by atoms with E-state index in [0.29, 0.717) is 31.9 Å². The van der Waals surface area contributed by atoms with Gasteiger partial charge in [0.2, 0.25) is 11.8 Å². The predicted octanol–water partition coefficient (Wildman–Crippen LogP) is 0.924. The Labute approximate surface area is 151 Å². The molecule has 25 heavy (non-hydrogen) atoms. The fourth-order valence-corrected chi connectivity index (χ4v) is 3.34. The van der Waals surface area contributed by atoms with Gasteiger partial charge < -0.3 is 15.8 Å². The van der Waals surface area contributed by atoms with Gasteiger partial charge in [-0.15, -0.1) is 0 Å². The number of thioether (sulfide) groups is 1. The molecule has 2 rings (SSSR count). The van der Waals surface area contributed by atoms with Crippen LogP contribution in [0, 0.1) is 5.82 Å². The van der Waals surface area contributed by atoms with Gasteiger partial charge in [-0.25, -0.2) is 4.39 Å². The molecule has 3 N–H and O–H groups in total. The molecule has 1 aromatic carbocycles. The fourth-order valence-electron chi connectivity index (χ4n) is 2.67. The fraction of sp³-hybridized carbons (Fsp3) is 0.529. The zero-order valence-electron chi connectivity index (χ0n) is 14.1. The van der Waals surface area contributed by atoms with Gasteiger partial charge in [-0.05, 0) is 17.7 Å². The summed E-state index contributed by atoms with van der Waals surface area (Å²) in [6, 6.07) is 6.36. The minimum Gasteiger partial charge on any atom is -0.379 e. The first kappa shape index (κ1) is 19.7. The quantitative estimate of drug-likeness (QED) is 0.633. The molecule has 0 aliphatic carbocycles. The summed E-state index contributed by atoms with van der Waals surface area (Å²) in [5.74, 6) is 0.0405. The maximum atomic E-state index is 13.2. The monoisotopic (exact) mass is 369 g/mol. The van der Waals surface area contributed by atoms with E-state index >= 15 is 0 Å². The number of nitrogens with one attached hydrogen (secondary N) is 1. The molecule has 6 nitrogen and oxygen atoms in total. The molecule has 138 valence electrons. The summed E-state index contributed by atoms with van der Waals surface area (Å²) < 4.78 is 18.6. The number of halogens is 1. The highest BCUT2D eigenvalue weighted by molar-refractivity contribution is 7.99. The van der Waals surface area contributed by atoms with Crippen molar-refractivity contribution >= 4 is 23.6 Å². The van der Waals surface area contributed by atoms with Crippen LogP contribution in [0.2, 0.25) is 0 Å². The lowest BCUT2D eigenvalue weighted by molar-refractivity contribution is -0.121. The minimum absolute atomic E-state index is 0.0216. The number of morpholine rings is 1. The molecule has 0 saturated carbocycles. The average molecular weight is 369 g/mol. The Morgan fingerprint density at radius 2 is 1.96 bits per heavy atom. The first-order chi connectivity index (χ1) is 12.1. The van der Waals surface area contributed by atoms with Crippen molar-refractivity contribution in [2.24, 2.45) is 5.73 Å². The van der Waals surface area contributed by atoms with Crippen molar-refractivity contribution in [1.29, 1.82) is 0 Å². The number of rotatable bonds is 9. The maximum absolute atomic E-state index is 13.2. The lowest BCUT2D eigenvalue weighted by atomic mass is 10.0. The summed E-state index contributed by atoms with van der Waals surface area (Å²) >= 11 is 1.35. The molecule has 0 radical (unpaired) electrons. The summed E-state index contributed by atoms with van der Waals surface area (Å²) in [6.07, 6.45) is 0.331. The summed E-state index contributed by atoms with van der Waals surface area (Å²) in [7, 11) is 0. The molecule has 0 bridgehead atoms. The topological polar surface area (TPSA) is 84.7 Å². The van der Waals surface area contributed by atoms with Crippen molar-refractivity contribution in [3.05, 3.63) is 35.6 Å². The minimum atomic E-state index is -0.380.